The fraction of sp³-hybridized carbons (Fsp3) is 0.0714. The molecular formula is C14H11BrFN5. The first-order chi connectivity index (χ1) is 10.1. The van der Waals surface area contributed by atoms with Gasteiger partial charge in [0.05, 0.1) is 0 Å². The number of hydrogen-bond donors (Lipinski definition) is 1. The van der Waals surface area contributed by atoms with Gasteiger partial charge in [0, 0.05) is 15.7 Å². The minimum Gasteiger partial charge on any atom is -0.398 e. The first-order valence-corrected chi connectivity index (χ1v) is 6.96. The molecule has 0 amide bonds. The number of nitrogen functional groups attached to an aromatic ring is 1. The lowest BCUT2D eigenvalue weighted by Crippen LogP contribution is -2.05. The minimum atomic E-state index is -0.426. The second-order valence-electron chi connectivity index (χ2n) is 4.55. The number of hydrogen-bond acceptors (Lipinski definition) is 4. The Balaban J connectivity index is 2.22. The maximum absolute atomic E-state index is 14.1. The monoisotopic (exact) mass is 347 g/mol. The van der Waals surface area contributed by atoms with Gasteiger partial charge in [-0.1, -0.05) is 28.1 Å². The third-order valence-corrected chi connectivity index (χ3v) is 3.63. The van der Waals surface area contributed by atoms with Crippen LogP contribution in [-0.4, -0.2) is 20.2 Å². The number of nitrogens with two attached hydrogens (primary N) is 1. The van der Waals surface area contributed by atoms with Crippen LogP contribution in [0.15, 0.2) is 40.9 Å². The summed E-state index contributed by atoms with van der Waals surface area (Å²) in [4.78, 5) is 0. The van der Waals surface area contributed by atoms with Crippen LogP contribution < -0.4 is 5.73 Å². The molecule has 1 aromatic heterocycles. The van der Waals surface area contributed by atoms with Gasteiger partial charge >= 0.3 is 0 Å². The number of benzene rings is 2. The predicted octanol–water partition coefficient (Wildman–Crippen LogP) is 3.12. The summed E-state index contributed by atoms with van der Waals surface area (Å²) >= 11 is 3.23. The molecule has 21 heavy (non-hydrogen) atoms. The highest BCUT2D eigenvalue weighted by Gasteiger charge is 2.17. The molecule has 1 heterocycles. The van der Waals surface area contributed by atoms with Gasteiger partial charge in [0.15, 0.2) is 5.82 Å². The van der Waals surface area contributed by atoms with Gasteiger partial charge in [-0.3, -0.25) is 0 Å². The average molecular weight is 348 g/mol. The molecule has 0 unspecified atom stereocenters. The van der Waals surface area contributed by atoms with E-state index in [2.05, 4.69) is 31.5 Å². The van der Waals surface area contributed by atoms with Gasteiger partial charge < -0.3 is 5.73 Å². The summed E-state index contributed by atoms with van der Waals surface area (Å²) in [6.07, 6.45) is 0. The van der Waals surface area contributed by atoms with Gasteiger partial charge in [0.1, 0.15) is 11.5 Å². The van der Waals surface area contributed by atoms with Crippen LogP contribution in [-0.2, 0) is 0 Å². The standard InChI is InChI=1S/C14H11BrFN5/c1-8-3-2-4-11(17)13(8)14-18-19-20-21(14)12-6-5-9(15)7-10(12)16/h2-7H,17H2,1H3. The van der Waals surface area contributed by atoms with Crippen LogP contribution in [0.25, 0.3) is 17.1 Å². The first-order valence-electron chi connectivity index (χ1n) is 6.17. The second-order valence-corrected chi connectivity index (χ2v) is 5.46. The number of rotatable bonds is 2. The Kier molecular flexibility index (Phi) is 3.42. The summed E-state index contributed by atoms with van der Waals surface area (Å²) < 4.78 is 16.1. The van der Waals surface area contributed by atoms with Gasteiger partial charge in [-0.05, 0) is 47.2 Å². The smallest absolute Gasteiger partial charge is 0.189 e. The summed E-state index contributed by atoms with van der Waals surface area (Å²) in [5.74, 6) is -0.0168. The molecule has 0 saturated heterocycles. The zero-order chi connectivity index (χ0) is 15.0. The molecule has 2 aromatic carbocycles. The number of tetrazole rings is 1. The average Bonchev–Trinajstić information content (AvgIpc) is 2.87. The Morgan fingerprint density at radius 3 is 2.76 bits per heavy atom. The predicted molar refractivity (Wildman–Crippen MR) is 81.4 cm³/mol. The fourth-order valence-electron chi connectivity index (χ4n) is 2.15. The molecule has 0 atom stereocenters. The summed E-state index contributed by atoms with van der Waals surface area (Å²) in [5, 5.41) is 11.5. The molecular weight excluding hydrogens is 337 g/mol. The molecule has 0 bridgehead atoms. The molecule has 7 heteroatoms. The van der Waals surface area contributed by atoms with Gasteiger partial charge in [0.2, 0.25) is 0 Å². The normalized spacial score (nSPS) is 10.8. The molecule has 0 radical (unpaired) electrons. The zero-order valence-electron chi connectivity index (χ0n) is 11.1. The van der Waals surface area contributed by atoms with E-state index in [9.17, 15) is 4.39 Å². The molecule has 0 fully saturated rings. The molecule has 0 aliphatic heterocycles. The SMILES string of the molecule is Cc1cccc(N)c1-c1nnnn1-c1ccc(Br)cc1F. The number of halogens is 2. The van der Waals surface area contributed by atoms with Crippen molar-refractivity contribution >= 4 is 21.6 Å². The topological polar surface area (TPSA) is 69.6 Å². The van der Waals surface area contributed by atoms with Crippen LogP contribution in [0.2, 0.25) is 0 Å². The molecule has 3 rings (SSSR count). The Bertz CT molecular complexity index is 795. The second kappa shape index (κ2) is 5.25. The van der Waals surface area contributed by atoms with Crippen LogP contribution in [0, 0.1) is 12.7 Å². The first kappa shape index (κ1) is 13.7. The Labute approximate surface area is 128 Å². The lowest BCUT2D eigenvalue weighted by molar-refractivity contribution is 0.607. The minimum absolute atomic E-state index is 0.265. The van der Waals surface area contributed by atoms with Gasteiger partial charge in [-0.2, -0.15) is 4.68 Å². The quantitative estimate of drug-likeness (QED) is 0.723. The fourth-order valence-corrected chi connectivity index (χ4v) is 2.49. The Morgan fingerprint density at radius 2 is 2.05 bits per heavy atom. The summed E-state index contributed by atoms with van der Waals surface area (Å²) in [6.45, 7) is 1.91. The molecule has 0 spiro atoms. The summed E-state index contributed by atoms with van der Waals surface area (Å²) in [5.41, 5.74) is 8.44. The van der Waals surface area contributed by atoms with Crippen molar-refractivity contribution in [2.75, 3.05) is 5.73 Å². The third-order valence-electron chi connectivity index (χ3n) is 3.14. The lowest BCUT2D eigenvalue weighted by Gasteiger charge is -2.10. The maximum atomic E-state index is 14.1. The van der Waals surface area contributed by atoms with Gasteiger partial charge in [0.25, 0.3) is 0 Å². The van der Waals surface area contributed by atoms with Crippen molar-refractivity contribution in [2.45, 2.75) is 6.92 Å². The highest BCUT2D eigenvalue weighted by Crippen LogP contribution is 2.29. The van der Waals surface area contributed by atoms with Crippen molar-refractivity contribution in [3.8, 4) is 17.1 Å². The number of aromatic nitrogens is 4. The van der Waals surface area contributed by atoms with E-state index in [1.54, 1.807) is 18.2 Å². The van der Waals surface area contributed by atoms with E-state index in [-0.39, 0.29) is 5.69 Å². The lowest BCUT2D eigenvalue weighted by atomic mass is 10.1. The third kappa shape index (κ3) is 2.40. The van der Waals surface area contributed by atoms with Crippen molar-refractivity contribution < 1.29 is 4.39 Å². The van der Waals surface area contributed by atoms with Crippen molar-refractivity contribution in [1.29, 1.82) is 0 Å². The van der Waals surface area contributed by atoms with Crippen molar-refractivity contribution in [1.82, 2.24) is 20.2 Å². The Hall–Kier alpha value is -2.28. The van der Waals surface area contributed by atoms with E-state index < -0.39 is 5.82 Å². The highest BCUT2D eigenvalue weighted by molar-refractivity contribution is 9.10. The molecule has 0 saturated carbocycles. The molecule has 2 N–H and O–H groups in total. The van der Waals surface area contributed by atoms with E-state index >= 15 is 0 Å². The van der Waals surface area contributed by atoms with Crippen LogP contribution in [0.3, 0.4) is 0 Å². The number of anilines is 1. The maximum Gasteiger partial charge on any atom is 0.189 e. The van der Waals surface area contributed by atoms with E-state index in [1.165, 1.54) is 10.7 Å². The molecule has 106 valence electrons. The van der Waals surface area contributed by atoms with E-state index in [1.807, 2.05) is 19.1 Å². The van der Waals surface area contributed by atoms with Crippen LogP contribution >= 0.6 is 15.9 Å². The summed E-state index contributed by atoms with van der Waals surface area (Å²) in [7, 11) is 0. The van der Waals surface area contributed by atoms with Crippen LogP contribution in [0.4, 0.5) is 10.1 Å². The van der Waals surface area contributed by atoms with Crippen molar-refractivity contribution in [3.63, 3.8) is 0 Å². The molecule has 3 aromatic rings. The number of aryl methyl sites for hydroxylation is 1. The van der Waals surface area contributed by atoms with Crippen LogP contribution in [0.5, 0.6) is 0 Å². The summed E-state index contributed by atoms with van der Waals surface area (Å²) in [6, 6.07) is 10.2. The van der Waals surface area contributed by atoms with Crippen molar-refractivity contribution in [2.24, 2.45) is 0 Å². The highest BCUT2D eigenvalue weighted by atomic mass is 79.9. The molecule has 5 nitrogen and oxygen atoms in total. The number of nitrogens with zero attached hydrogens (tertiary/aromatic N) is 4. The van der Waals surface area contributed by atoms with Crippen LogP contribution in [0.1, 0.15) is 5.56 Å². The molecule has 0 aliphatic rings. The van der Waals surface area contributed by atoms with Gasteiger partial charge in [-0.25, -0.2) is 4.39 Å². The van der Waals surface area contributed by atoms with Crippen molar-refractivity contribution in [3.05, 3.63) is 52.3 Å². The zero-order valence-corrected chi connectivity index (χ0v) is 12.7. The van der Waals surface area contributed by atoms with E-state index in [0.29, 0.717) is 21.5 Å². The largest absolute Gasteiger partial charge is 0.398 e. The van der Waals surface area contributed by atoms with Gasteiger partial charge in [-0.15, -0.1) is 5.10 Å². The van der Waals surface area contributed by atoms with E-state index in [4.69, 9.17) is 5.73 Å². The Morgan fingerprint density at radius 1 is 1.24 bits per heavy atom. The molecule has 0 aliphatic carbocycles. The van der Waals surface area contributed by atoms with E-state index in [0.717, 1.165) is 5.56 Å².